The zero-order chi connectivity index (χ0) is 12.8. The van der Waals surface area contributed by atoms with Gasteiger partial charge in [0, 0.05) is 0 Å². The summed E-state index contributed by atoms with van der Waals surface area (Å²) in [5.41, 5.74) is 3.06. The highest BCUT2D eigenvalue weighted by atomic mass is 14.1. The number of rotatable bonds is 6. The number of benzene rings is 2. The quantitative estimate of drug-likeness (QED) is 0.623. The van der Waals surface area contributed by atoms with Gasteiger partial charge in [-0.15, -0.1) is 0 Å². The Hall–Kier alpha value is -1.30. The van der Waals surface area contributed by atoms with Crippen molar-refractivity contribution in [1.82, 2.24) is 0 Å². The summed E-state index contributed by atoms with van der Waals surface area (Å²) in [4.78, 5) is 0. The van der Waals surface area contributed by atoms with Gasteiger partial charge >= 0.3 is 0 Å². The summed E-state index contributed by atoms with van der Waals surface area (Å²) in [6.45, 7) is 4.53. The number of aryl methyl sites for hydroxylation is 2. The maximum Gasteiger partial charge on any atom is -0.0152 e. The molecule has 0 saturated heterocycles. The lowest BCUT2D eigenvalue weighted by molar-refractivity contribution is 0.784. The van der Waals surface area contributed by atoms with E-state index in [9.17, 15) is 0 Å². The molecule has 0 heteroatoms. The van der Waals surface area contributed by atoms with E-state index >= 15 is 0 Å². The van der Waals surface area contributed by atoms with Crippen molar-refractivity contribution in [3.05, 3.63) is 47.5 Å². The number of hydrogen-bond donors (Lipinski definition) is 0. The van der Waals surface area contributed by atoms with E-state index < -0.39 is 0 Å². The molecule has 0 bridgehead atoms. The molecule has 0 saturated carbocycles. The van der Waals surface area contributed by atoms with Crippen molar-refractivity contribution in [1.29, 1.82) is 0 Å². The van der Waals surface area contributed by atoms with Gasteiger partial charge in [0.2, 0.25) is 0 Å². The van der Waals surface area contributed by atoms with E-state index in [0.717, 1.165) is 0 Å². The van der Waals surface area contributed by atoms with E-state index in [1.807, 2.05) is 0 Å². The number of hydrogen-bond acceptors (Lipinski definition) is 0. The average molecular weight is 240 g/mol. The molecule has 0 unspecified atom stereocenters. The minimum absolute atomic E-state index is 1.22. The molecule has 2 rings (SSSR count). The van der Waals surface area contributed by atoms with Gasteiger partial charge in [-0.05, 0) is 47.6 Å². The fourth-order valence-electron chi connectivity index (χ4n) is 2.56. The fraction of sp³-hybridized carbons (Fsp3) is 0.444. The summed E-state index contributed by atoms with van der Waals surface area (Å²) >= 11 is 0. The standard InChI is InChI=1S/C18H24/c1-3-5-9-15-13-16(10-6-4-2)18-12-8-7-11-17(18)14-15/h7-8,11-14H,3-6,9-10H2,1-2H3. The van der Waals surface area contributed by atoms with Gasteiger partial charge < -0.3 is 0 Å². The van der Waals surface area contributed by atoms with Crippen molar-refractivity contribution in [3.63, 3.8) is 0 Å². The lowest BCUT2D eigenvalue weighted by Gasteiger charge is -2.10. The van der Waals surface area contributed by atoms with Crippen LogP contribution < -0.4 is 0 Å². The molecule has 0 N–H and O–H groups in total. The third kappa shape index (κ3) is 3.13. The zero-order valence-corrected chi connectivity index (χ0v) is 11.7. The lowest BCUT2D eigenvalue weighted by Crippen LogP contribution is -1.92. The molecule has 0 aliphatic carbocycles. The summed E-state index contributed by atoms with van der Waals surface area (Å²) < 4.78 is 0. The van der Waals surface area contributed by atoms with Crippen molar-refractivity contribution < 1.29 is 0 Å². The highest BCUT2D eigenvalue weighted by Crippen LogP contribution is 2.23. The van der Waals surface area contributed by atoms with Gasteiger partial charge in [-0.25, -0.2) is 0 Å². The monoisotopic (exact) mass is 240 g/mol. The Labute approximate surface area is 111 Å². The molecule has 0 nitrogen and oxygen atoms in total. The van der Waals surface area contributed by atoms with Gasteiger partial charge in [0.25, 0.3) is 0 Å². The summed E-state index contributed by atoms with van der Waals surface area (Å²) in [6.07, 6.45) is 7.58. The van der Waals surface area contributed by atoms with Crippen LogP contribution in [0.5, 0.6) is 0 Å². The highest BCUT2D eigenvalue weighted by Gasteiger charge is 2.03. The van der Waals surface area contributed by atoms with Crippen LogP contribution in [0.4, 0.5) is 0 Å². The zero-order valence-electron chi connectivity index (χ0n) is 11.7. The maximum atomic E-state index is 2.44. The molecule has 0 heterocycles. The second-order valence-electron chi connectivity index (χ2n) is 5.18. The van der Waals surface area contributed by atoms with Crippen molar-refractivity contribution in [2.24, 2.45) is 0 Å². The first-order valence-corrected chi connectivity index (χ1v) is 7.35. The smallest absolute Gasteiger partial charge is 0.0152 e. The predicted molar refractivity (Wildman–Crippen MR) is 81.2 cm³/mol. The SMILES string of the molecule is CCCCc1cc(CCCC)c2ccccc2c1. The molecule has 18 heavy (non-hydrogen) atoms. The molecule has 2 aromatic carbocycles. The predicted octanol–water partition coefficient (Wildman–Crippen LogP) is 5.53. The van der Waals surface area contributed by atoms with Crippen molar-refractivity contribution >= 4 is 10.8 Å². The molecule has 2 aromatic rings. The Morgan fingerprint density at radius 3 is 2.33 bits per heavy atom. The van der Waals surface area contributed by atoms with E-state index in [2.05, 4.69) is 50.2 Å². The third-order valence-electron chi connectivity index (χ3n) is 3.63. The van der Waals surface area contributed by atoms with Crippen LogP contribution >= 0.6 is 0 Å². The van der Waals surface area contributed by atoms with Crippen LogP contribution in [0.1, 0.15) is 50.7 Å². The van der Waals surface area contributed by atoms with Crippen LogP contribution in [0.2, 0.25) is 0 Å². The molecule has 0 aliphatic rings. The minimum Gasteiger partial charge on any atom is -0.0654 e. The van der Waals surface area contributed by atoms with Gasteiger partial charge in [-0.3, -0.25) is 0 Å². The van der Waals surface area contributed by atoms with Crippen LogP contribution in [-0.4, -0.2) is 0 Å². The first-order chi connectivity index (χ1) is 8.85. The van der Waals surface area contributed by atoms with E-state index in [1.165, 1.54) is 54.9 Å². The Balaban J connectivity index is 2.36. The van der Waals surface area contributed by atoms with Crippen molar-refractivity contribution in [2.75, 3.05) is 0 Å². The molecule has 0 radical (unpaired) electrons. The number of fused-ring (bicyclic) bond motifs is 1. The Morgan fingerprint density at radius 1 is 0.833 bits per heavy atom. The first kappa shape index (κ1) is 13.1. The number of unbranched alkanes of at least 4 members (excludes halogenated alkanes) is 2. The molecule has 0 atom stereocenters. The van der Waals surface area contributed by atoms with E-state index in [1.54, 1.807) is 5.56 Å². The molecular formula is C18H24. The molecule has 0 amide bonds. The average Bonchev–Trinajstić information content (AvgIpc) is 2.42. The minimum atomic E-state index is 1.22. The van der Waals surface area contributed by atoms with Crippen molar-refractivity contribution in [2.45, 2.75) is 52.4 Å². The largest absolute Gasteiger partial charge is 0.0654 e. The summed E-state index contributed by atoms with van der Waals surface area (Å²) in [5.74, 6) is 0. The Kier molecular flexibility index (Phi) is 4.81. The summed E-state index contributed by atoms with van der Waals surface area (Å²) in [6, 6.07) is 13.6. The van der Waals surface area contributed by atoms with Gasteiger partial charge in [-0.2, -0.15) is 0 Å². The summed E-state index contributed by atoms with van der Waals surface area (Å²) in [5, 5.41) is 2.86. The van der Waals surface area contributed by atoms with Crippen LogP contribution in [0, 0.1) is 0 Å². The normalized spacial score (nSPS) is 11.0. The lowest BCUT2D eigenvalue weighted by atomic mass is 9.95. The van der Waals surface area contributed by atoms with Crippen LogP contribution in [-0.2, 0) is 12.8 Å². The fourth-order valence-corrected chi connectivity index (χ4v) is 2.56. The van der Waals surface area contributed by atoms with Gasteiger partial charge in [0.05, 0.1) is 0 Å². The first-order valence-electron chi connectivity index (χ1n) is 7.35. The second-order valence-corrected chi connectivity index (χ2v) is 5.18. The molecule has 0 fully saturated rings. The van der Waals surface area contributed by atoms with Gasteiger partial charge in [0.1, 0.15) is 0 Å². The van der Waals surface area contributed by atoms with Gasteiger partial charge in [-0.1, -0.05) is 63.1 Å². The topological polar surface area (TPSA) is 0 Å². The molecule has 96 valence electrons. The van der Waals surface area contributed by atoms with Crippen LogP contribution in [0.3, 0.4) is 0 Å². The maximum absolute atomic E-state index is 2.44. The van der Waals surface area contributed by atoms with Crippen LogP contribution in [0.25, 0.3) is 10.8 Å². The molecule has 0 aromatic heterocycles. The van der Waals surface area contributed by atoms with E-state index in [-0.39, 0.29) is 0 Å². The van der Waals surface area contributed by atoms with Crippen molar-refractivity contribution in [3.8, 4) is 0 Å². The third-order valence-corrected chi connectivity index (χ3v) is 3.63. The van der Waals surface area contributed by atoms with E-state index in [0.29, 0.717) is 0 Å². The van der Waals surface area contributed by atoms with E-state index in [4.69, 9.17) is 0 Å². The Morgan fingerprint density at radius 2 is 1.56 bits per heavy atom. The molecule has 0 aliphatic heterocycles. The molecule has 0 spiro atoms. The van der Waals surface area contributed by atoms with Crippen LogP contribution in [0.15, 0.2) is 36.4 Å². The molecular weight excluding hydrogens is 216 g/mol. The second kappa shape index (κ2) is 6.58. The summed E-state index contributed by atoms with van der Waals surface area (Å²) in [7, 11) is 0. The van der Waals surface area contributed by atoms with Gasteiger partial charge in [0.15, 0.2) is 0 Å². The Bertz CT molecular complexity index is 496. The highest BCUT2D eigenvalue weighted by molar-refractivity contribution is 5.86.